The van der Waals surface area contributed by atoms with Gasteiger partial charge in [0.1, 0.15) is 17.6 Å². The van der Waals surface area contributed by atoms with Crippen LogP contribution in [0, 0.1) is 5.82 Å². The zero-order valence-electron chi connectivity index (χ0n) is 18.3. The van der Waals surface area contributed by atoms with Gasteiger partial charge in [-0.2, -0.15) is 5.10 Å². The number of primary amides is 1. The Balaban J connectivity index is 1.78. The fourth-order valence-electron chi connectivity index (χ4n) is 3.43. The standard InChI is InChI=1S/C23H26FN5O3/c1-4-28(14-15-5-7-16(8-6-15)22(31)27(2)3)23(32)19-13-20(21(25)30)29(26-19)18-11-9-17(24)10-12-18/h5-12,20H,4,13-14H2,1-3H3,(H2,25,30). The number of carbonyl (C=O) groups excluding carboxylic acids is 3. The summed E-state index contributed by atoms with van der Waals surface area (Å²) in [5, 5.41) is 5.71. The molecule has 2 aromatic carbocycles. The van der Waals surface area contributed by atoms with Crippen LogP contribution in [0.3, 0.4) is 0 Å². The summed E-state index contributed by atoms with van der Waals surface area (Å²) in [5.74, 6) is -1.44. The summed E-state index contributed by atoms with van der Waals surface area (Å²) in [4.78, 5) is 40.3. The van der Waals surface area contributed by atoms with Crippen molar-refractivity contribution < 1.29 is 18.8 Å². The predicted octanol–water partition coefficient (Wildman–Crippen LogP) is 2.00. The lowest BCUT2D eigenvalue weighted by Crippen LogP contribution is -2.40. The van der Waals surface area contributed by atoms with E-state index in [0.717, 1.165) is 5.56 Å². The van der Waals surface area contributed by atoms with E-state index in [9.17, 15) is 18.8 Å². The van der Waals surface area contributed by atoms with E-state index in [4.69, 9.17) is 5.73 Å². The quantitative estimate of drug-likeness (QED) is 0.713. The highest BCUT2D eigenvalue weighted by molar-refractivity contribution is 6.40. The molecular weight excluding hydrogens is 413 g/mol. The van der Waals surface area contributed by atoms with Gasteiger partial charge in [-0.1, -0.05) is 12.1 Å². The Kier molecular flexibility index (Phi) is 6.87. The number of hydrogen-bond donors (Lipinski definition) is 1. The Labute approximate surface area is 186 Å². The molecule has 32 heavy (non-hydrogen) atoms. The van der Waals surface area contributed by atoms with Gasteiger partial charge in [-0.3, -0.25) is 19.4 Å². The Morgan fingerprint density at radius 2 is 1.69 bits per heavy atom. The van der Waals surface area contributed by atoms with Crippen LogP contribution in [0.1, 0.15) is 29.3 Å². The van der Waals surface area contributed by atoms with Crippen molar-refractivity contribution in [2.24, 2.45) is 10.8 Å². The average Bonchev–Trinajstić information content (AvgIpc) is 3.23. The van der Waals surface area contributed by atoms with Crippen molar-refractivity contribution in [2.75, 3.05) is 25.6 Å². The molecule has 0 fully saturated rings. The van der Waals surface area contributed by atoms with Gasteiger partial charge in [0.2, 0.25) is 5.91 Å². The third kappa shape index (κ3) is 4.93. The molecule has 0 saturated carbocycles. The Morgan fingerprint density at radius 1 is 1.06 bits per heavy atom. The molecule has 3 amide bonds. The maximum atomic E-state index is 13.3. The van der Waals surface area contributed by atoms with E-state index in [-0.39, 0.29) is 23.9 Å². The van der Waals surface area contributed by atoms with Gasteiger partial charge < -0.3 is 15.5 Å². The molecule has 168 valence electrons. The Hall–Kier alpha value is -3.75. The minimum Gasteiger partial charge on any atom is -0.368 e. The van der Waals surface area contributed by atoms with E-state index >= 15 is 0 Å². The topological polar surface area (TPSA) is 99.3 Å². The van der Waals surface area contributed by atoms with Crippen LogP contribution in [0.4, 0.5) is 10.1 Å². The van der Waals surface area contributed by atoms with E-state index in [1.54, 1.807) is 43.3 Å². The highest BCUT2D eigenvalue weighted by atomic mass is 19.1. The second-order valence-corrected chi connectivity index (χ2v) is 7.71. The van der Waals surface area contributed by atoms with E-state index in [1.807, 2.05) is 6.92 Å². The highest BCUT2D eigenvalue weighted by Crippen LogP contribution is 2.25. The van der Waals surface area contributed by atoms with Crippen LogP contribution in [0.5, 0.6) is 0 Å². The van der Waals surface area contributed by atoms with E-state index in [0.29, 0.717) is 24.3 Å². The molecule has 3 rings (SSSR count). The first-order chi connectivity index (χ1) is 15.2. The van der Waals surface area contributed by atoms with Crippen LogP contribution in [0.2, 0.25) is 0 Å². The average molecular weight is 439 g/mol. The van der Waals surface area contributed by atoms with Crippen LogP contribution < -0.4 is 10.7 Å². The Bertz CT molecular complexity index is 1030. The van der Waals surface area contributed by atoms with Crippen LogP contribution in [0.15, 0.2) is 53.6 Å². The molecule has 2 aromatic rings. The second-order valence-electron chi connectivity index (χ2n) is 7.71. The summed E-state index contributed by atoms with van der Waals surface area (Å²) in [7, 11) is 3.37. The maximum absolute atomic E-state index is 13.3. The zero-order chi connectivity index (χ0) is 23.4. The number of nitrogens with two attached hydrogens (primary N) is 1. The van der Waals surface area contributed by atoms with Gasteiger partial charge in [0.15, 0.2) is 0 Å². The van der Waals surface area contributed by atoms with Crippen LogP contribution in [-0.2, 0) is 16.1 Å². The van der Waals surface area contributed by atoms with Crippen molar-refractivity contribution in [1.29, 1.82) is 0 Å². The van der Waals surface area contributed by atoms with Gasteiger partial charge in [-0.05, 0) is 48.9 Å². The molecule has 0 saturated heterocycles. The molecule has 0 bridgehead atoms. The molecule has 2 N–H and O–H groups in total. The minimum atomic E-state index is -0.825. The van der Waals surface area contributed by atoms with Crippen molar-refractivity contribution in [1.82, 2.24) is 9.80 Å². The number of rotatable bonds is 7. The molecule has 9 heteroatoms. The smallest absolute Gasteiger partial charge is 0.270 e. The largest absolute Gasteiger partial charge is 0.368 e. The number of hydrazone groups is 1. The number of anilines is 1. The lowest BCUT2D eigenvalue weighted by atomic mass is 10.1. The van der Waals surface area contributed by atoms with Crippen LogP contribution in [-0.4, -0.2) is 59.9 Å². The number of carbonyl (C=O) groups is 3. The van der Waals surface area contributed by atoms with Gasteiger partial charge in [-0.25, -0.2) is 4.39 Å². The zero-order valence-corrected chi connectivity index (χ0v) is 18.3. The number of amides is 3. The molecule has 1 atom stereocenters. The van der Waals surface area contributed by atoms with Gasteiger partial charge in [-0.15, -0.1) is 0 Å². The number of nitrogens with zero attached hydrogens (tertiary/aromatic N) is 4. The third-order valence-corrected chi connectivity index (χ3v) is 5.23. The van der Waals surface area contributed by atoms with Crippen molar-refractivity contribution in [2.45, 2.75) is 25.9 Å². The molecule has 1 aliphatic rings. The summed E-state index contributed by atoms with van der Waals surface area (Å²) in [5.41, 5.74) is 7.63. The fourth-order valence-corrected chi connectivity index (χ4v) is 3.43. The molecular formula is C23H26FN5O3. The summed E-state index contributed by atoms with van der Waals surface area (Å²) < 4.78 is 13.3. The first-order valence-corrected chi connectivity index (χ1v) is 10.2. The molecule has 0 aromatic heterocycles. The summed E-state index contributed by atoms with van der Waals surface area (Å²) in [6.45, 7) is 2.59. The van der Waals surface area contributed by atoms with Gasteiger partial charge in [0, 0.05) is 39.2 Å². The molecule has 8 nitrogen and oxygen atoms in total. The van der Waals surface area contributed by atoms with Crippen LogP contribution in [0.25, 0.3) is 0 Å². The highest BCUT2D eigenvalue weighted by Gasteiger charge is 2.36. The molecule has 1 aliphatic heterocycles. The lowest BCUT2D eigenvalue weighted by molar-refractivity contribution is -0.124. The molecule has 0 spiro atoms. The van der Waals surface area contributed by atoms with Crippen molar-refractivity contribution in [3.8, 4) is 0 Å². The van der Waals surface area contributed by atoms with Crippen LogP contribution >= 0.6 is 0 Å². The molecule has 0 radical (unpaired) electrons. The first-order valence-electron chi connectivity index (χ1n) is 10.2. The Morgan fingerprint density at radius 3 is 2.22 bits per heavy atom. The molecule has 1 unspecified atom stereocenters. The van der Waals surface area contributed by atoms with E-state index in [1.165, 1.54) is 34.2 Å². The normalized spacial score (nSPS) is 15.3. The van der Waals surface area contributed by atoms with Gasteiger partial charge >= 0.3 is 0 Å². The fraction of sp³-hybridized carbons (Fsp3) is 0.304. The predicted molar refractivity (Wildman–Crippen MR) is 119 cm³/mol. The molecule has 1 heterocycles. The first kappa shape index (κ1) is 22.9. The maximum Gasteiger partial charge on any atom is 0.270 e. The van der Waals surface area contributed by atoms with Crippen molar-refractivity contribution >= 4 is 29.1 Å². The summed E-state index contributed by atoms with van der Waals surface area (Å²) in [6.07, 6.45) is 0.0678. The monoisotopic (exact) mass is 439 g/mol. The van der Waals surface area contributed by atoms with Gasteiger partial charge in [0.25, 0.3) is 11.8 Å². The minimum absolute atomic E-state index is 0.0678. The lowest BCUT2D eigenvalue weighted by Gasteiger charge is -2.21. The SMILES string of the molecule is CCN(Cc1ccc(C(=O)N(C)C)cc1)C(=O)C1=NN(c2ccc(F)cc2)C(C(N)=O)C1. The second kappa shape index (κ2) is 9.59. The number of halogens is 1. The van der Waals surface area contributed by atoms with Crippen molar-refractivity contribution in [3.63, 3.8) is 0 Å². The summed E-state index contributed by atoms with van der Waals surface area (Å²) in [6, 6.07) is 11.7. The summed E-state index contributed by atoms with van der Waals surface area (Å²) >= 11 is 0. The molecule has 0 aliphatic carbocycles. The van der Waals surface area contributed by atoms with Gasteiger partial charge in [0.05, 0.1) is 5.69 Å². The number of hydrogen-bond acceptors (Lipinski definition) is 5. The third-order valence-electron chi connectivity index (χ3n) is 5.23. The van der Waals surface area contributed by atoms with E-state index < -0.39 is 17.8 Å². The van der Waals surface area contributed by atoms with Crippen molar-refractivity contribution in [3.05, 3.63) is 65.5 Å². The number of benzene rings is 2. The van der Waals surface area contributed by atoms with E-state index in [2.05, 4.69) is 5.10 Å².